The van der Waals surface area contributed by atoms with Crippen molar-refractivity contribution in [2.45, 2.75) is 57.0 Å². The van der Waals surface area contributed by atoms with Crippen LogP contribution in [0.5, 0.6) is 5.75 Å². The second kappa shape index (κ2) is 5.19. The Morgan fingerprint density at radius 2 is 1.84 bits per heavy atom. The molecule has 4 nitrogen and oxygen atoms in total. The Morgan fingerprint density at radius 3 is 2.47 bits per heavy atom. The minimum Gasteiger partial charge on any atom is -0.484 e. The van der Waals surface area contributed by atoms with E-state index in [0.717, 1.165) is 31.2 Å². The Balaban J connectivity index is 1.80. The third kappa shape index (κ3) is 2.88. The largest absolute Gasteiger partial charge is 0.484 e. The first kappa shape index (κ1) is 12.5. The van der Waals surface area contributed by atoms with Crippen molar-refractivity contribution in [3.8, 4) is 5.75 Å². The van der Waals surface area contributed by atoms with E-state index < -0.39 is 0 Å². The monoisotopic (exact) mass is 261 g/mol. The third-order valence-corrected chi connectivity index (χ3v) is 4.07. The summed E-state index contributed by atoms with van der Waals surface area (Å²) >= 11 is 0. The molecule has 0 heterocycles. The van der Waals surface area contributed by atoms with Gasteiger partial charge in [0.1, 0.15) is 0 Å². The number of nitro benzene ring substituents is 1. The molecule has 102 valence electrons. The summed E-state index contributed by atoms with van der Waals surface area (Å²) in [5.74, 6) is 0.976. The quantitative estimate of drug-likeness (QED) is 0.603. The number of hydrogen-bond acceptors (Lipinski definition) is 3. The van der Waals surface area contributed by atoms with Gasteiger partial charge in [0.2, 0.25) is 0 Å². The fourth-order valence-electron chi connectivity index (χ4n) is 2.81. The zero-order valence-electron chi connectivity index (χ0n) is 11.0. The minimum absolute atomic E-state index is 0.134. The van der Waals surface area contributed by atoms with Gasteiger partial charge in [0.05, 0.1) is 11.0 Å². The topological polar surface area (TPSA) is 52.4 Å². The van der Waals surface area contributed by atoms with E-state index in [1.807, 2.05) is 6.07 Å². The number of rotatable bonds is 4. The molecule has 0 radical (unpaired) electrons. The number of hydrogen-bond donors (Lipinski definition) is 0. The molecule has 0 spiro atoms. The van der Waals surface area contributed by atoms with Crippen LogP contribution in [0.1, 0.15) is 56.4 Å². The molecule has 1 aromatic rings. The van der Waals surface area contributed by atoms with Gasteiger partial charge < -0.3 is 4.74 Å². The highest BCUT2D eigenvalue weighted by Gasteiger charge is 2.27. The lowest BCUT2D eigenvalue weighted by Gasteiger charge is -2.22. The van der Waals surface area contributed by atoms with Crippen molar-refractivity contribution in [2.75, 3.05) is 0 Å². The first-order valence-corrected chi connectivity index (χ1v) is 7.19. The van der Waals surface area contributed by atoms with E-state index in [-0.39, 0.29) is 16.7 Å². The average Bonchev–Trinajstić information content (AvgIpc) is 3.24. The SMILES string of the molecule is O=[N+]([O-])c1cc(C2CC2)ccc1OC1CCCCC1. The summed E-state index contributed by atoms with van der Waals surface area (Å²) in [6.45, 7) is 0. The molecule has 2 aliphatic rings. The van der Waals surface area contributed by atoms with E-state index in [9.17, 15) is 10.1 Å². The van der Waals surface area contributed by atoms with Crippen LogP contribution in [0.25, 0.3) is 0 Å². The highest BCUT2D eigenvalue weighted by atomic mass is 16.6. The van der Waals surface area contributed by atoms with Gasteiger partial charge in [-0.05, 0) is 56.1 Å². The molecule has 4 heteroatoms. The zero-order chi connectivity index (χ0) is 13.2. The Bertz CT molecular complexity index is 476. The van der Waals surface area contributed by atoms with E-state index in [0.29, 0.717) is 11.7 Å². The Kier molecular flexibility index (Phi) is 3.40. The smallest absolute Gasteiger partial charge is 0.311 e. The molecule has 2 fully saturated rings. The van der Waals surface area contributed by atoms with Crippen molar-refractivity contribution >= 4 is 5.69 Å². The molecule has 0 bridgehead atoms. The van der Waals surface area contributed by atoms with Crippen LogP contribution in [0, 0.1) is 10.1 Å². The van der Waals surface area contributed by atoms with Crippen LogP contribution >= 0.6 is 0 Å². The first-order valence-electron chi connectivity index (χ1n) is 7.19. The van der Waals surface area contributed by atoms with Crippen molar-refractivity contribution < 1.29 is 9.66 Å². The molecule has 2 saturated carbocycles. The van der Waals surface area contributed by atoms with Gasteiger partial charge >= 0.3 is 5.69 Å². The maximum atomic E-state index is 11.2. The van der Waals surface area contributed by atoms with Crippen LogP contribution < -0.4 is 4.74 Å². The van der Waals surface area contributed by atoms with Crippen molar-refractivity contribution in [3.05, 3.63) is 33.9 Å². The molecule has 0 atom stereocenters. The summed E-state index contributed by atoms with van der Waals surface area (Å²) in [5.41, 5.74) is 1.22. The van der Waals surface area contributed by atoms with Gasteiger partial charge in [0, 0.05) is 6.07 Å². The Labute approximate surface area is 112 Å². The molecule has 0 saturated heterocycles. The molecule has 0 aromatic heterocycles. The molecule has 0 aliphatic heterocycles. The van der Waals surface area contributed by atoms with Crippen molar-refractivity contribution in [2.24, 2.45) is 0 Å². The van der Waals surface area contributed by atoms with Crippen molar-refractivity contribution in [3.63, 3.8) is 0 Å². The second-order valence-electron chi connectivity index (χ2n) is 5.64. The Morgan fingerprint density at radius 1 is 1.11 bits per heavy atom. The van der Waals surface area contributed by atoms with Crippen LogP contribution in [0.15, 0.2) is 18.2 Å². The van der Waals surface area contributed by atoms with E-state index in [1.54, 1.807) is 12.1 Å². The van der Waals surface area contributed by atoms with E-state index in [1.165, 1.54) is 19.3 Å². The number of benzene rings is 1. The van der Waals surface area contributed by atoms with Crippen LogP contribution in [0.3, 0.4) is 0 Å². The van der Waals surface area contributed by atoms with Gasteiger partial charge in [-0.25, -0.2) is 0 Å². The molecular formula is C15H19NO3. The van der Waals surface area contributed by atoms with Gasteiger partial charge in [-0.15, -0.1) is 0 Å². The molecule has 3 rings (SSSR count). The molecule has 0 amide bonds. The maximum absolute atomic E-state index is 11.2. The highest BCUT2D eigenvalue weighted by molar-refractivity contribution is 5.50. The minimum atomic E-state index is -0.315. The Hall–Kier alpha value is -1.58. The lowest BCUT2D eigenvalue weighted by Crippen LogP contribution is -2.20. The van der Waals surface area contributed by atoms with E-state index in [2.05, 4.69) is 0 Å². The van der Waals surface area contributed by atoms with Crippen LogP contribution in [0.2, 0.25) is 0 Å². The molecule has 0 unspecified atom stereocenters. The second-order valence-corrected chi connectivity index (χ2v) is 5.64. The van der Waals surface area contributed by atoms with Gasteiger partial charge in [-0.3, -0.25) is 10.1 Å². The predicted molar refractivity (Wildman–Crippen MR) is 72.6 cm³/mol. The highest BCUT2D eigenvalue weighted by Crippen LogP contribution is 2.43. The summed E-state index contributed by atoms with van der Waals surface area (Å²) in [6, 6.07) is 5.49. The molecule has 2 aliphatic carbocycles. The molecular weight excluding hydrogens is 242 g/mol. The van der Waals surface area contributed by atoms with E-state index >= 15 is 0 Å². The summed E-state index contributed by atoms with van der Waals surface area (Å²) in [7, 11) is 0. The van der Waals surface area contributed by atoms with Gasteiger partial charge in [0.15, 0.2) is 5.75 Å². The first-order chi connectivity index (χ1) is 9.24. The van der Waals surface area contributed by atoms with Gasteiger partial charge in [-0.1, -0.05) is 12.5 Å². The van der Waals surface area contributed by atoms with Gasteiger partial charge in [-0.2, -0.15) is 0 Å². The third-order valence-electron chi connectivity index (χ3n) is 4.07. The molecule has 0 N–H and O–H groups in total. The summed E-state index contributed by atoms with van der Waals surface area (Å²) in [4.78, 5) is 10.9. The van der Waals surface area contributed by atoms with Gasteiger partial charge in [0.25, 0.3) is 0 Å². The molecule has 1 aromatic carbocycles. The number of nitro groups is 1. The van der Waals surface area contributed by atoms with Crippen LogP contribution in [-0.4, -0.2) is 11.0 Å². The van der Waals surface area contributed by atoms with Crippen molar-refractivity contribution in [1.82, 2.24) is 0 Å². The summed E-state index contributed by atoms with van der Waals surface area (Å²) in [5, 5.41) is 11.2. The van der Waals surface area contributed by atoms with Crippen LogP contribution in [0.4, 0.5) is 5.69 Å². The summed E-state index contributed by atoms with van der Waals surface area (Å²) < 4.78 is 5.86. The average molecular weight is 261 g/mol. The number of ether oxygens (including phenoxy) is 1. The number of nitrogens with zero attached hydrogens (tertiary/aromatic N) is 1. The van der Waals surface area contributed by atoms with E-state index in [4.69, 9.17) is 4.74 Å². The normalized spacial score (nSPS) is 20.2. The maximum Gasteiger partial charge on any atom is 0.311 e. The van der Waals surface area contributed by atoms with Crippen molar-refractivity contribution in [1.29, 1.82) is 0 Å². The summed E-state index contributed by atoms with van der Waals surface area (Å²) in [6.07, 6.45) is 8.07. The lowest BCUT2D eigenvalue weighted by atomic mass is 9.98. The fraction of sp³-hybridized carbons (Fsp3) is 0.600. The fourth-order valence-corrected chi connectivity index (χ4v) is 2.81. The lowest BCUT2D eigenvalue weighted by molar-refractivity contribution is -0.386. The predicted octanol–water partition coefficient (Wildman–Crippen LogP) is 4.18. The zero-order valence-corrected chi connectivity index (χ0v) is 11.0. The van der Waals surface area contributed by atoms with Crippen LogP contribution in [-0.2, 0) is 0 Å². The standard InChI is InChI=1S/C15H19NO3/c17-16(18)14-10-12(11-6-7-11)8-9-15(14)19-13-4-2-1-3-5-13/h8-11,13H,1-7H2. The molecule has 19 heavy (non-hydrogen) atoms.